The SMILES string of the molecule is CC(C)(C)OC(=O)N(Cc1ccco1)C1CCC(O)CC1. The van der Waals surface area contributed by atoms with Gasteiger partial charge in [-0.1, -0.05) is 0 Å². The van der Waals surface area contributed by atoms with Gasteiger partial charge in [-0.05, 0) is 58.6 Å². The number of amides is 1. The molecule has 21 heavy (non-hydrogen) atoms. The Morgan fingerprint density at radius 1 is 1.38 bits per heavy atom. The lowest BCUT2D eigenvalue weighted by molar-refractivity contribution is 0.00107. The molecule has 0 bridgehead atoms. The first kappa shape index (κ1) is 15.9. The molecule has 0 spiro atoms. The Morgan fingerprint density at radius 2 is 2.05 bits per heavy atom. The van der Waals surface area contributed by atoms with Gasteiger partial charge < -0.3 is 14.3 Å². The summed E-state index contributed by atoms with van der Waals surface area (Å²) in [6.07, 6.45) is 4.07. The van der Waals surface area contributed by atoms with Crippen LogP contribution < -0.4 is 0 Å². The highest BCUT2D eigenvalue weighted by atomic mass is 16.6. The number of aliphatic hydroxyl groups is 1. The quantitative estimate of drug-likeness (QED) is 0.929. The number of hydrogen-bond donors (Lipinski definition) is 1. The van der Waals surface area contributed by atoms with Crippen LogP contribution in [-0.4, -0.2) is 33.8 Å². The predicted molar refractivity (Wildman–Crippen MR) is 78.7 cm³/mol. The summed E-state index contributed by atoms with van der Waals surface area (Å²) >= 11 is 0. The molecule has 0 unspecified atom stereocenters. The number of rotatable bonds is 3. The first-order chi connectivity index (χ1) is 9.85. The van der Waals surface area contributed by atoms with E-state index in [1.54, 1.807) is 11.2 Å². The Bertz CT molecular complexity index is 441. The molecule has 118 valence electrons. The first-order valence-corrected chi connectivity index (χ1v) is 7.55. The Hall–Kier alpha value is -1.49. The molecule has 1 amide bonds. The monoisotopic (exact) mass is 295 g/mol. The number of ether oxygens (including phenoxy) is 1. The average molecular weight is 295 g/mol. The van der Waals surface area contributed by atoms with Gasteiger partial charge in [-0.15, -0.1) is 0 Å². The largest absolute Gasteiger partial charge is 0.467 e. The Kier molecular flexibility index (Phi) is 4.93. The zero-order chi connectivity index (χ0) is 15.5. The number of nitrogens with zero attached hydrogens (tertiary/aromatic N) is 1. The zero-order valence-electron chi connectivity index (χ0n) is 13.0. The molecular formula is C16H25NO4. The zero-order valence-corrected chi connectivity index (χ0v) is 13.0. The van der Waals surface area contributed by atoms with Crippen molar-refractivity contribution in [1.82, 2.24) is 4.90 Å². The van der Waals surface area contributed by atoms with Crippen molar-refractivity contribution in [2.45, 2.75) is 70.7 Å². The average Bonchev–Trinajstić information content (AvgIpc) is 2.88. The van der Waals surface area contributed by atoms with Gasteiger partial charge in [0.1, 0.15) is 11.4 Å². The molecule has 1 aromatic rings. The summed E-state index contributed by atoms with van der Waals surface area (Å²) in [4.78, 5) is 14.2. The normalized spacial score (nSPS) is 22.9. The number of carbonyl (C=O) groups excluding carboxylic acids is 1. The number of hydrogen-bond acceptors (Lipinski definition) is 4. The van der Waals surface area contributed by atoms with Gasteiger partial charge >= 0.3 is 6.09 Å². The van der Waals surface area contributed by atoms with Gasteiger partial charge in [-0.3, -0.25) is 4.90 Å². The summed E-state index contributed by atoms with van der Waals surface area (Å²) in [7, 11) is 0. The standard InChI is InChI=1S/C16H25NO4/c1-16(2,3)21-15(19)17(11-14-5-4-10-20-14)12-6-8-13(18)9-7-12/h4-5,10,12-13,18H,6-9,11H2,1-3H3. The lowest BCUT2D eigenvalue weighted by Gasteiger charge is -2.36. The molecule has 0 saturated heterocycles. The third-order valence-electron chi connectivity index (χ3n) is 3.64. The van der Waals surface area contributed by atoms with E-state index in [1.807, 2.05) is 32.9 Å². The molecule has 1 saturated carbocycles. The highest BCUT2D eigenvalue weighted by Crippen LogP contribution is 2.26. The Morgan fingerprint density at radius 3 is 2.57 bits per heavy atom. The molecule has 1 aliphatic carbocycles. The van der Waals surface area contributed by atoms with Gasteiger partial charge in [-0.2, -0.15) is 0 Å². The smallest absolute Gasteiger partial charge is 0.410 e. The van der Waals surface area contributed by atoms with E-state index < -0.39 is 5.60 Å². The van der Waals surface area contributed by atoms with Crippen LogP contribution in [0.5, 0.6) is 0 Å². The summed E-state index contributed by atoms with van der Waals surface area (Å²) in [5.74, 6) is 0.743. The van der Waals surface area contributed by atoms with Crippen LogP contribution in [-0.2, 0) is 11.3 Å². The summed E-state index contributed by atoms with van der Waals surface area (Å²) in [6, 6.07) is 3.76. The molecule has 1 N–H and O–H groups in total. The van der Waals surface area contributed by atoms with Gasteiger partial charge in [0.2, 0.25) is 0 Å². The molecule has 1 aromatic heterocycles. The topological polar surface area (TPSA) is 62.9 Å². The molecular weight excluding hydrogens is 270 g/mol. The van der Waals surface area contributed by atoms with Crippen LogP contribution in [0, 0.1) is 0 Å². The van der Waals surface area contributed by atoms with Crippen LogP contribution in [0.4, 0.5) is 4.79 Å². The number of aliphatic hydroxyl groups excluding tert-OH is 1. The molecule has 1 heterocycles. The van der Waals surface area contributed by atoms with Crippen LogP contribution in [0.2, 0.25) is 0 Å². The van der Waals surface area contributed by atoms with E-state index in [4.69, 9.17) is 9.15 Å². The number of furan rings is 1. The van der Waals surface area contributed by atoms with E-state index in [0.717, 1.165) is 31.4 Å². The van der Waals surface area contributed by atoms with Gasteiger partial charge in [-0.25, -0.2) is 4.79 Å². The molecule has 5 heteroatoms. The van der Waals surface area contributed by atoms with Crippen LogP contribution in [0.25, 0.3) is 0 Å². The Labute approximate surface area is 125 Å². The lowest BCUT2D eigenvalue weighted by atomic mass is 9.92. The minimum atomic E-state index is -0.521. The molecule has 1 aliphatic rings. The third-order valence-corrected chi connectivity index (χ3v) is 3.64. The number of carbonyl (C=O) groups is 1. The maximum atomic E-state index is 12.5. The third kappa shape index (κ3) is 4.77. The van der Waals surface area contributed by atoms with Crippen LogP contribution in [0.1, 0.15) is 52.2 Å². The summed E-state index contributed by atoms with van der Waals surface area (Å²) in [5, 5.41) is 9.64. The van der Waals surface area contributed by atoms with Crippen molar-refractivity contribution in [3.05, 3.63) is 24.2 Å². The van der Waals surface area contributed by atoms with Crippen molar-refractivity contribution < 1.29 is 19.1 Å². The molecule has 2 rings (SSSR count). The highest BCUT2D eigenvalue weighted by molar-refractivity contribution is 5.68. The first-order valence-electron chi connectivity index (χ1n) is 7.55. The van der Waals surface area contributed by atoms with E-state index in [-0.39, 0.29) is 18.2 Å². The maximum Gasteiger partial charge on any atom is 0.410 e. The van der Waals surface area contributed by atoms with Crippen molar-refractivity contribution >= 4 is 6.09 Å². The molecule has 5 nitrogen and oxygen atoms in total. The van der Waals surface area contributed by atoms with Crippen molar-refractivity contribution in [1.29, 1.82) is 0 Å². The Balaban J connectivity index is 2.08. The fraction of sp³-hybridized carbons (Fsp3) is 0.688. The molecule has 0 aromatic carbocycles. The van der Waals surface area contributed by atoms with Gasteiger partial charge in [0.05, 0.1) is 18.9 Å². The van der Waals surface area contributed by atoms with E-state index in [2.05, 4.69) is 0 Å². The van der Waals surface area contributed by atoms with Gasteiger partial charge in [0.25, 0.3) is 0 Å². The van der Waals surface area contributed by atoms with Crippen molar-refractivity contribution in [3.63, 3.8) is 0 Å². The minimum Gasteiger partial charge on any atom is -0.467 e. The summed E-state index contributed by atoms with van der Waals surface area (Å²) in [5.41, 5.74) is -0.521. The second-order valence-electron chi connectivity index (χ2n) is 6.65. The van der Waals surface area contributed by atoms with E-state index in [9.17, 15) is 9.90 Å². The van der Waals surface area contributed by atoms with Crippen molar-refractivity contribution in [2.24, 2.45) is 0 Å². The second-order valence-corrected chi connectivity index (χ2v) is 6.65. The lowest BCUT2D eigenvalue weighted by Crippen LogP contribution is -2.44. The van der Waals surface area contributed by atoms with E-state index in [0.29, 0.717) is 6.54 Å². The summed E-state index contributed by atoms with van der Waals surface area (Å²) < 4.78 is 10.9. The minimum absolute atomic E-state index is 0.0911. The fourth-order valence-corrected chi connectivity index (χ4v) is 2.60. The van der Waals surface area contributed by atoms with Crippen LogP contribution >= 0.6 is 0 Å². The highest BCUT2D eigenvalue weighted by Gasteiger charge is 2.31. The van der Waals surface area contributed by atoms with E-state index >= 15 is 0 Å². The molecule has 0 atom stereocenters. The maximum absolute atomic E-state index is 12.5. The van der Waals surface area contributed by atoms with Gasteiger partial charge in [0, 0.05) is 6.04 Å². The summed E-state index contributed by atoms with van der Waals surface area (Å²) in [6.45, 7) is 5.99. The second kappa shape index (κ2) is 6.52. The molecule has 0 aliphatic heterocycles. The molecule has 0 radical (unpaired) electrons. The van der Waals surface area contributed by atoms with Crippen LogP contribution in [0.3, 0.4) is 0 Å². The fourth-order valence-electron chi connectivity index (χ4n) is 2.60. The van der Waals surface area contributed by atoms with E-state index in [1.165, 1.54) is 0 Å². The molecule has 1 fully saturated rings. The van der Waals surface area contributed by atoms with Gasteiger partial charge in [0.15, 0.2) is 0 Å². The predicted octanol–water partition coefficient (Wildman–Crippen LogP) is 3.32. The van der Waals surface area contributed by atoms with Crippen molar-refractivity contribution in [3.8, 4) is 0 Å². The van der Waals surface area contributed by atoms with Crippen LogP contribution in [0.15, 0.2) is 22.8 Å². The van der Waals surface area contributed by atoms with Crippen molar-refractivity contribution in [2.75, 3.05) is 0 Å².